The zero-order valence-corrected chi connectivity index (χ0v) is 14.6. The van der Waals surface area contributed by atoms with Crippen LogP contribution in [0.5, 0.6) is 0 Å². The SMILES string of the molecule is C[C@]12C[C@H](O)CC[C@@H]1CC[C@@H]1[C@@H]2CC[C@@]2(C)[C@H]1CC[C@]2(C)O. The topological polar surface area (TPSA) is 40.5 Å². The Morgan fingerprint density at radius 2 is 1.50 bits per heavy atom. The van der Waals surface area contributed by atoms with Crippen molar-refractivity contribution in [3.05, 3.63) is 0 Å². The van der Waals surface area contributed by atoms with Crippen molar-refractivity contribution in [3.63, 3.8) is 0 Å². The zero-order chi connectivity index (χ0) is 15.8. The third-order valence-corrected chi connectivity index (χ3v) is 9.15. The molecule has 0 unspecified atom stereocenters. The van der Waals surface area contributed by atoms with Crippen LogP contribution in [0.3, 0.4) is 0 Å². The van der Waals surface area contributed by atoms with Crippen LogP contribution in [0, 0.1) is 34.5 Å². The molecule has 0 heterocycles. The van der Waals surface area contributed by atoms with Gasteiger partial charge >= 0.3 is 0 Å². The van der Waals surface area contributed by atoms with Crippen molar-refractivity contribution in [3.8, 4) is 0 Å². The maximum Gasteiger partial charge on any atom is 0.0675 e. The molecule has 126 valence electrons. The number of aliphatic hydroxyl groups is 2. The molecule has 0 radical (unpaired) electrons. The van der Waals surface area contributed by atoms with Gasteiger partial charge < -0.3 is 10.2 Å². The van der Waals surface area contributed by atoms with E-state index in [1.807, 2.05) is 0 Å². The molecule has 4 saturated carbocycles. The summed E-state index contributed by atoms with van der Waals surface area (Å²) in [5, 5.41) is 21.2. The molecule has 2 N–H and O–H groups in total. The highest BCUT2D eigenvalue weighted by Crippen LogP contribution is 2.68. The molecule has 2 heteroatoms. The summed E-state index contributed by atoms with van der Waals surface area (Å²) in [5.74, 6) is 3.12. The number of fused-ring (bicyclic) bond motifs is 5. The molecule has 0 aromatic rings. The molecule has 0 amide bonds. The minimum absolute atomic E-state index is 0.0694. The van der Waals surface area contributed by atoms with Gasteiger partial charge in [-0.2, -0.15) is 0 Å². The van der Waals surface area contributed by atoms with E-state index in [2.05, 4.69) is 20.8 Å². The minimum Gasteiger partial charge on any atom is -0.393 e. The molecular formula is C20H34O2. The van der Waals surface area contributed by atoms with Crippen molar-refractivity contribution in [1.29, 1.82) is 0 Å². The Kier molecular flexibility index (Phi) is 3.32. The fraction of sp³-hybridized carbons (Fsp3) is 1.00. The normalized spacial score (nSPS) is 61.2. The first-order valence-corrected chi connectivity index (χ1v) is 9.68. The molecule has 22 heavy (non-hydrogen) atoms. The van der Waals surface area contributed by atoms with Gasteiger partial charge in [-0.25, -0.2) is 0 Å². The summed E-state index contributed by atoms with van der Waals surface area (Å²) in [6.45, 7) is 6.95. The second-order valence-corrected chi connectivity index (χ2v) is 9.86. The first-order chi connectivity index (χ1) is 10.3. The van der Waals surface area contributed by atoms with Crippen LogP contribution in [0.2, 0.25) is 0 Å². The summed E-state index contributed by atoms with van der Waals surface area (Å²) >= 11 is 0. The van der Waals surface area contributed by atoms with E-state index in [1.165, 1.54) is 38.5 Å². The van der Waals surface area contributed by atoms with E-state index < -0.39 is 5.60 Å². The van der Waals surface area contributed by atoms with Crippen molar-refractivity contribution in [1.82, 2.24) is 0 Å². The Balaban J connectivity index is 1.65. The standard InChI is InChI=1S/C20H34O2/c1-18-12-14(21)6-4-13(18)5-7-15-16(18)8-10-19(2)17(15)9-11-20(19,3)22/h13-17,21-22H,4-12H2,1-3H3/t13-,14-,15-,16+,17+,18+,19+,20+/m1/s1. The highest BCUT2D eigenvalue weighted by atomic mass is 16.3. The fourth-order valence-electron chi connectivity index (χ4n) is 7.57. The third-order valence-electron chi connectivity index (χ3n) is 9.15. The van der Waals surface area contributed by atoms with Crippen LogP contribution in [0.1, 0.15) is 78.6 Å². The van der Waals surface area contributed by atoms with E-state index in [1.54, 1.807) is 0 Å². The Labute approximate surface area is 135 Å². The van der Waals surface area contributed by atoms with Gasteiger partial charge in [0.2, 0.25) is 0 Å². The summed E-state index contributed by atoms with van der Waals surface area (Å²) in [7, 11) is 0. The Bertz CT molecular complexity index is 459. The summed E-state index contributed by atoms with van der Waals surface area (Å²) in [6, 6.07) is 0. The molecule has 4 aliphatic rings. The maximum atomic E-state index is 10.9. The second-order valence-electron chi connectivity index (χ2n) is 9.86. The summed E-state index contributed by atoms with van der Waals surface area (Å²) in [6.07, 6.45) is 10.6. The Morgan fingerprint density at radius 3 is 2.27 bits per heavy atom. The first kappa shape index (κ1) is 15.4. The van der Waals surface area contributed by atoms with Crippen molar-refractivity contribution in [2.45, 2.75) is 90.3 Å². The summed E-state index contributed by atoms with van der Waals surface area (Å²) in [4.78, 5) is 0. The van der Waals surface area contributed by atoms with Gasteiger partial charge in [0.1, 0.15) is 0 Å². The zero-order valence-electron chi connectivity index (χ0n) is 14.6. The molecule has 0 aromatic carbocycles. The average molecular weight is 306 g/mol. The molecule has 8 atom stereocenters. The van der Waals surface area contributed by atoms with Crippen molar-refractivity contribution in [2.75, 3.05) is 0 Å². The van der Waals surface area contributed by atoms with E-state index in [0.717, 1.165) is 37.0 Å². The fourth-order valence-corrected chi connectivity index (χ4v) is 7.57. The molecular weight excluding hydrogens is 272 g/mol. The predicted octanol–water partition coefficient (Wildman–Crippen LogP) is 4.14. The number of hydrogen-bond donors (Lipinski definition) is 2. The first-order valence-electron chi connectivity index (χ1n) is 9.68. The number of rotatable bonds is 0. The van der Waals surface area contributed by atoms with E-state index in [4.69, 9.17) is 0 Å². The molecule has 0 spiro atoms. The van der Waals surface area contributed by atoms with E-state index in [0.29, 0.717) is 11.3 Å². The lowest BCUT2D eigenvalue weighted by atomic mass is 9.44. The Hall–Kier alpha value is -0.0800. The maximum absolute atomic E-state index is 10.9. The van der Waals surface area contributed by atoms with Crippen LogP contribution in [0.25, 0.3) is 0 Å². The largest absolute Gasteiger partial charge is 0.393 e. The second kappa shape index (κ2) is 4.72. The molecule has 0 bridgehead atoms. The number of hydrogen-bond acceptors (Lipinski definition) is 2. The lowest BCUT2D eigenvalue weighted by Crippen LogP contribution is -2.56. The molecule has 0 aliphatic heterocycles. The lowest BCUT2D eigenvalue weighted by Gasteiger charge is -2.61. The van der Waals surface area contributed by atoms with Crippen molar-refractivity contribution >= 4 is 0 Å². The van der Waals surface area contributed by atoms with Crippen LogP contribution >= 0.6 is 0 Å². The molecule has 4 fully saturated rings. The minimum atomic E-state index is -0.466. The quantitative estimate of drug-likeness (QED) is 0.706. The van der Waals surface area contributed by atoms with Crippen LogP contribution in [0.15, 0.2) is 0 Å². The summed E-state index contributed by atoms with van der Waals surface area (Å²) < 4.78 is 0. The van der Waals surface area contributed by atoms with Gasteiger partial charge in [0, 0.05) is 0 Å². The van der Waals surface area contributed by atoms with E-state index >= 15 is 0 Å². The molecule has 4 rings (SSSR count). The molecule has 0 saturated heterocycles. The van der Waals surface area contributed by atoms with Gasteiger partial charge in [-0.15, -0.1) is 0 Å². The van der Waals surface area contributed by atoms with Gasteiger partial charge in [-0.1, -0.05) is 13.8 Å². The predicted molar refractivity (Wildman–Crippen MR) is 88.4 cm³/mol. The van der Waals surface area contributed by atoms with Gasteiger partial charge in [0.15, 0.2) is 0 Å². The number of aliphatic hydroxyl groups excluding tert-OH is 1. The molecule has 0 aromatic heterocycles. The monoisotopic (exact) mass is 306 g/mol. The summed E-state index contributed by atoms with van der Waals surface area (Å²) in [5.41, 5.74) is 0.0213. The van der Waals surface area contributed by atoms with Crippen molar-refractivity contribution in [2.24, 2.45) is 34.5 Å². The van der Waals surface area contributed by atoms with E-state index in [-0.39, 0.29) is 11.5 Å². The Morgan fingerprint density at radius 1 is 0.818 bits per heavy atom. The lowest BCUT2D eigenvalue weighted by molar-refractivity contribution is -0.155. The highest BCUT2D eigenvalue weighted by molar-refractivity contribution is 5.12. The van der Waals surface area contributed by atoms with E-state index in [9.17, 15) is 10.2 Å². The van der Waals surface area contributed by atoms with Crippen LogP contribution in [-0.2, 0) is 0 Å². The molecule has 2 nitrogen and oxygen atoms in total. The smallest absolute Gasteiger partial charge is 0.0675 e. The van der Waals surface area contributed by atoms with Gasteiger partial charge in [-0.05, 0) is 99.2 Å². The average Bonchev–Trinajstić information content (AvgIpc) is 2.68. The van der Waals surface area contributed by atoms with Gasteiger partial charge in [0.25, 0.3) is 0 Å². The van der Waals surface area contributed by atoms with Gasteiger partial charge in [0.05, 0.1) is 11.7 Å². The van der Waals surface area contributed by atoms with Crippen LogP contribution in [0.4, 0.5) is 0 Å². The molecule has 4 aliphatic carbocycles. The highest BCUT2D eigenvalue weighted by Gasteiger charge is 2.63. The van der Waals surface area contributed by atoms with Crippen LogP contribution < -0.4 is 0 Å². The third kappa shape index (κ3) is 1.86. The van der Waals surface area contributed by atoms with Crippen LogP contribution in [-0.4, -0.2) is 21.9 Å². The van der Waals surface area contributed by atoms with Gasteiger partial charge in [-0.3, -0.25) is 0 Å². The van der Waals surface area contributed by atoms with Crippen molar-refractivity contribution < 1.29 is 10.2 Å².